The third kappa shape index (κ3) is 3.44. The topological polar surface area (TPSA) is 61.7 Å². The van der Waals surface area contributed by atoms with Gasteiger partial charge in [-0.3, -0.25) is 0 Å². The number of nitrogens with one attached hydrogen (secondary N) is 1. The maximum atomic E-state index is 10.3. The van der Waals surface area contributed by atoms with Crippen molar-refractivity contribution in [1.82, 2.24) is 5.32 Å². The molecule has 2 aromatic rings. The van der Waals surface area contributed by atoms with Gasteiger partial charge in [-0.25, -0.2) is 0 Å². The lowest BCUT2D eigenvalue weighted by molar-refractivity contribution is 0.0574. The number of benzene rings is 2. The number of phenols is 1. The Bertz CT molecular complexity index is 788. The number of hydrogen-bond acceptors (Lipinski definition) is 4. The molecule has 3 rings (SSSR count). The first-order valence-electron chi connectivity index (χ1n) is 9.26. The van der Waals surface area contributed by atoms with Gasteiger partial charge in [0.2, 0.25) is 0 Å². The molecule has 4 nitrogen and oxygen atoms in total. The number of rotatable bonds is 5. The molecule has 3 N–H and O–H groups in total. The molecule has 2 aromatic carbocycles. The summed E-state index contributed by atoms with van der Waals surface area (Å²) >= 11 is 0. The summed E-state index contributed by atoms with van der Waals surface area (Å²) in [6.07, 6.45) is 1.74. The molecule has 1 aliphatic heterocycles. The third-order valence-electron chi connectivity index (χ3n) is 5.70. The van der Waals surface area contributed by atoms with Crippen molar-refractivity contribution in [1.29, 1.82) is 0 Å². The fraction of sp³-hybridized carbons (Fsp3) is 0.455. The number of aliphatic hydroxyl groups excluding tert-OH is 1. The number of fused-ring (bicyclic) bond motifs is 1. The fourth-order valence-electron chi connectivity index (χ4n) is 3.73. The van der Waals surface area contributed by atoms with Crippen LogP contribution in [0.15, 0.2) is 30.3 Å². The van der Waals surface area contributed by atoms with E-state index >= 15 is 0 Å². The van der Waals surface area contributed by atoms with Crippen molar-refractivity contribution in [2.24, 2.45) is 0 Å². The van der Waals surface area contributed by atoms with E-state index < -0.39 is 0 Å². The summed E-state index contributed by atoms with van der Waals surface area (Å²) in [5.41, 5.74) is 4.66. The Morgan fingerprint density at radius 1 is 1.12 bits per heavy atom. The smallest absolute Gasteiger partial charge is 0.127 e. The van der Waals surface area contributed by atoms with Crippen LogP contribution in [0.25, 0.3) is 0 Å². The molecule has 1 heterocycles. The molecule has 1 unspecified atom stereocenters. The van der Waals surface area contributed by atoms with Gasteiger partial charge in [-0.2, -0.15) is 0 Å². The van der Waals surface area contributed by atoms with Crippen LogP contribution in [0.5, 0.6) is 11.5 Å². The van der Waals surface area contributed by atoms with Gasteiger partial charge in [0.15, 0.2) is 0 Å². The highest BCUT2D eigenvalue weighted by Crippen LogP contribution is 2.43. The molecular formula is C22H29NO3. The van der Waals surface area contributed by atoms with E-state index in [4.69, 9.17) is 4.74 Å². The molecule has 0 bridgehead atoms. The van der Waals surface area contributed by atoms with Crippen LogP contribution >= 0.6 is 0 Å². The van der Waals surface area contributed by atoms with E-state index in [9.17, 15) is 10.2 Å². The van der Waals surface area contributed by atoms with Gasteiger partial charge in [0, 0.05) is 12.1 Å². The van der Waals surface area contributed by atoms with Crippen LogP contribution in [0.3, 0.4) is 0 Å². The predicted octanol–water partition coefficient (Wildman–Crippen LogP) is 3.72. The van der Waals surface area contributed by atoms with E-state index in [1.807, 2.05) is 51.1 Å². The van der Waals surface area contributed by atoms with Crippen LogP contribution in [0.2, 0.25) is 0 Å². The standard InChI is InChI=1S/C22H29NO3/c1-14-15(2)21-18(16(3)20(14)25)10-11-22(4,26-21)13-23-19(12-24)17-8-6-5-7-9-17/h5-9,19,23-25H,10-13H2,1-4H3/t19-,22?/m1/s1. The van der Waals surface area contributed by atoms with E-state index in [1.165, 1.54) is 0 Å². The molecule has 2 atom stereocenters. The van der Waals surface area contributed by atoms with Crippen molar-refractivity contribution in [3.8, 4) is 11.5 Å². The highest BCUT2D eigenvalue weighted by atomic mass is 16.5. The van der Waals surface area contributed by atoms with Crippen molar-refractivity contribution in [2.45, 2.75) is 52.2 Å². The Morgan fingerprint density at radius 2 is 1.81 bits per heavy atom. The molecule has 1 aliphatic rings. The molecule has 0 fully saturated rings. The van der Waals surface area contributed by atoms with Crippen molar-refractivity contribution < 1.29 is 14.9 Å². The first-order chi connectivity index (χ1) is 12.4. The van der Waals surface area contributed by atoms with Crippen LogP contribution in [0.4, 0.5) is 0 Å². The summed E-state index contributed by atoms with van der Waals surface area (Å²) in [6, 6.07) is 9.87. The van der Waals surface area contributed by atoms with Crippen molar-refractivity contribution in [3.05, 3.63) is 58.1 Å². The maximum absolute atomic E-state index is 10.3. The molecule has 0 radical (unpaired) electrons. The van der Waals surface area contributed by atoms with E-state index in [-0.39, 0.29) is 18.2 Å². The average molecular weight is 355 g/mol. The molecule has 26 heavy (non-hydrogen) atoms. The van der Waals surface area contributed by atoms with E-state index in [0.29, 0.717) is 12.3 Å². The summed E-state index contributed by atoms with van der Waals surface area (Å²) in [4.78, 5) is 0. The lowest BCUT2D eigenvalue weighted by Crippen LogP contribution is -2.47. The minimum Gasteiger partial charge on any atom is -0.507 e. The van der Waals surface area contributed by atoms with E-state index in [2.05, 4.69) is 12.2 Å². The van der Waals surface area contributed by atoms with Gasteiger partial charge in [0.25, 0.3) is 0 Å². The molecule has 4 heteroatoms. The SMILES string of the molecule is Cc1c(C)c2c(c(C)c1O)CCC(C)(CN[C@H](CO)c1ccccc1)O2. The molecule has 0 aliphatic carbocycles. The largest absolute Gasteiger partial charge is 0.507 e. The van der Waals surface area contributed by atoms with Crippen molar-refractivity contribution >= 4 is 0 Å². The number of phenolic OH excluding ortho intramolecular Hbond substituents is 1. The summed E-state index contributed by atoms with van der Waals surface area (Å²) in [7, 11) is 0. The molecule has 0 aromatic heterocycles. The Hall–Kier alpha value is -2.04. The summed E-state index contributed by atoms with van der Waals surface area (Å²) in [5.74, 6) is 1.30. The highest BCUT2D eigenvalue weighted by molar-refractivity contribution is 5.58. The Labute approximate surface area is 155 Å². The zero-order chi connectivity index (χ0) is 18.9. The van der Waals surface area contributed by atoms with Gasteiger partial charge in [0.1, 0.15) is 17.1 Å². The zero-order valence-electron chi connectivity index (χ0n) is 16.1. The molecule has 0 saturated heterocycles. The Morgan fingerprint density at radius 3 is 2.46 bits per heavy atom. The molecule has 0 saturated carbocycles. The van der Waals surface area contributed by atoms with Crippen molar-refractivity contribution in [2.75, 3.05) is 13.2 Å². The average Bonchev–Trinajstić information content (AvgIpc) is 2.66. The summed E-state index contributed by atoms with van der Waals surface area (Å²) in [5, 5.41) is 23.5. The lowest BCUT2D eigenvalue weighted by atomic mass is 9.87. The third-order valence-corrected chi connectivity index (χ3v) is 5.70. The number of hydrogen-bond donors (Lipinski definition) is 3. The van der Waals surface area contributed by atoms with Crippen molar-refractivity contribution in [3.63, 3.8) is 0 Å². The van der Waals surface area contributed by atoms with Gasteiger partial charge < -0.3 is 20.3 Å². The second kappa shape index (κ2) is 7.29. The van der Waals surface area contributed by atoms with Gasteiger partial charge in [-0.1, -0.05) is 30.3 Å². The number of aliphatic hydroxyl groups is 1. The van der Waals surface area contributed by atoms with Gasteiger partial charge in [-0.15, -0.1) is 0 Å². The lowest BCUT2D eigenvalue weighted by Gasteiger charge is -2.39. The monoisotopic (exact) mass is 355 g/mol. The fourth-order valence-corrected chi connectivity index (χ4v) is 3.73. The normalized spacial score (nSPS) is 20.3. The minimum atomic E-state index is -0.351. The van der Waals surface area contributed by atoms with Gasteiger partial charge in [-0.05, 0) is 62.8 Å². The molecule has 140 valence electrons. The van der Waals surface area contributed by atoms with Crippen LogP contribution in [-0.2, 0) is 6.42 Å². The maximum Gasteiger partial charge on any atom is 0.127 e. The Balaban J connectivity index is 1.79. The highest BCUT2D eigenvalue weighted by Gasteiger charge is 2.35. The zero-order valence-corrected chi connectivity index (χ0v) is 16.1. The first-order valence-corrected chi connectivity index (χ1v) is 9.26. The van der Waals surface area contributed by atoms with Crippen LogP contribution in [0, 0.1) is 20.8 Å². The molecular weight excluding hydrogens is 326 g/mol. The second-order valence-corrected chi connectivity index (χ2v) is 7.61. The second-order valence-electron chi connectivity index (χ2n) is 7.61. The minimum absolute atomic E-state index is 0.0434. The van der Waals surface area contributed by atoms with E-state index in [1.54, 1.807) is 0 Å². The predicted molar refractivity (Wildman–Crippen MR) is 104 cm³/mol. The Kier molecular flexibility index (Phi) is 5.26. The van der Waals surface area contributed by atoms with E-state index in [0.717, 1.165) is 46.4 Å². The van der Waals surface area contributed by atoms with Gasteiger partial charge >= 0.3 is 0 Å². The summed E-state index contributed by atoms with van der Waals surface area (Å²) in [6.45, 7) is 8.70. The molecule has 0 amide bonds. The van der Waals surface area contributed by atoms with Crippen LogP contribution < -0.4 is 10.1 Å². The van der Waals surface area contributed by atoms with Crippen LogP contribution in [0.1, 0.15) is 47.2 Å². The molecule has 0 spiro atoms. The quantitative estimate of drug-likeness (QED) is 0.765. The number of ether oxygens (including phenoxy) is 1. The summed E-state index contributed by atoms with van der Waals surface area (Å²) < 4.78 is 6.44. The van der Waals surface area contributed by atoms with Crippen LogP contribution in [-0.4, -0.2) is 29.0 Å². The number of aromatic hydroxyl groups is 1. The first kappa shape index (κ1) is 18.7. The van der Waals surface area contributed by atoms with Gasteiger partial charge in [0.05, 0.1) is 12.6 Å².